The molecule has 2 aromatic heterocycles. The van der Waals surface area contributed by atoms with Crippen molar-refractivity contribution < 1.29 is 24.1 Å². The van der Waals surface area contributed by atoms with Gasteiger partial charge in [0.05, 0.1) is 12.1 Å². The van der Waals surface area contributed by atoms with Crippen LogP contribution in [0.15, 0.2) is 59.4 Å². The normalized spacial score (nSPS) is 12.1. The van der Waals surface area contributed by atoms with Gasteiger partial charge in [-0.1, -0.05) is 38.5 Å². The molecule has 1 aliphatic rings. The summed E-state index contributed by atoms with van der Waals surface area (Å²) in [6, 6.07) is 16.4. The minimum atomic E-state index is -1.19. The van der Waals surface area contributed by atoms with E-state index in [0.717, 1.165) is 29.5 Å². The van der Waals surface area contributed by atoms with Crippen molar-refractivity contribution >= 4 is 16.9 Å². The Morgan fingerprint density at radius 1 is 1.07 bits per heavy atom. The van der Waals surface area contributed by atoms with Gasteiger partial charge in [0, 0.05) is 29.5 Å². The van der Waals surface area contributed by atoms with Gasteiger partial charge in [0.25, 0.3) is 0 Å². The van der Waals surface area contributed by atoms with Gasteiger partial charge < -0.3 is 23.9 Å². The topological polar surface area (TPSA) is 141 Å². The monoisotopic (exact) mass is 581 g/mol. The van der Waals surface area contributed by atoms with Crippen molar-refractivity contribution in [2.24, 2.45) is 0 Å². The van der Waals surface area contributed by atoms with E-state index in [4.69, 9.17) is 14.2 Å². The van der Waals surface area contributed by atoms with Crippen molar-refractivity contribution in [1.29, 1.82) is 0 Å². The maximum atomic E-state index is 14.1. The highest BCUT2D eigenvalue weighted by atomic mass is 16.7. The van der Waals surface area contributed by atoms with Gasteiger partial charge in [0.1, 0.15) is 11.4 Å². The number of pyridine rings is 1. The number of aryl methyl sites for hydroxylation is 1. The zero-order chi connectivity index (χ0) is 29.9. The van der Waals surface area contributed by atoms with E-state index in [1.54, 1.807) is 22.8 Å². The molecule has 0 fully saturated rings. The molecular formula is C32H31N5O6. The third kappa shape index (κ3) is 5.53. The van der Waals surface area contributed by atoms with E-state index in [2.05, 4.69) is 27.5 Å². The number of nitrogens with zero attached hydrogens (tertiary/aromatic N) is 4. The molecule has 0 bridgehead atoms. The first-order chi connectivity index (χ1) is 21.0. The van der Waals surface area contributed by atoms with Gasteiger partial charge in [-0.2, -0.15) is 5.21 Å². The van der Waals surface area contributed by atoms with Gasteiger partial charge in [-0.15, -0.1) is 10.2 Å². The quantitative estimate of drug-likeness (QED) is 0.206. The summed E-state index contributed by atoms with van der Waals surface area (Å²) < 4.78 is 18.9. The molecule has 0 radical (unpaired) electrons. The van der Waals surface area contributed by atoms with E-state index >= 15 is 0 Å². The Labute approximate surface area is 247 Å². The highest BCUT2D eigenvalue weighted by Crippen LogP contribution is 2.36. The van der Waals surface area contributed by atoms with Gasteiger partial charge in [-0.25, -0.2) is 4.79 Å². The third-order valence-corrected chi connectivity index (χ3v) is 7.62. The predicted octanol–water partition coefficient (Wildman–Crippen LogP) is 4.99. The second kappa shape index (κ2) is 12.0. The van der Waals surface area contributed by atoms with E-state index in [1.165, 1.54) is 0 Å². The lowest BCUT2D eigenvalue weighted by Gasteiger charge is -2.20. The lowest BCUT2D eigenvalue weighted by Crippen LogP contribution is -2.25. The number of H-pyrrole nitrogens is 1. The van der Waals surface area contributed by atoms with E-state index < -0.39 is 5.97 Å². The van der Waals surface area contributed by atoms with Crippen molar-refractivity contribution in [3.8, 4) is 28.6 Å². The molecular weight excluding hydrogens is 550 g/mol. The minimum absolute atomic E-state index is 0.0677. The number of carboxylic acid groups (broad SMARTS) is 1. The van der Waals surface area contributed by atoms with Crippen LogP contribution in [0.5, 0.6) is 17.2 Å². The molecule has 5 aromatic rings. The average molecular weight is 582 g/mol. The zero-order valence-electron chi connectivity index (χ0n) is 23.9. The standard InChI is InChI=1S/C32H31N5O6/c1-3-5-11-41-23-9-10-26-24(16-23)30(38)25(13-19-7-6-8-21(12-19)31-33-35-36-34-31)29(32(39)40)37(26)17-22-15-28-27(42-18-43-28)14-20(22)4-2/h6-10,12,14-16H,3-5,11,13,17-18H2,1-2H3,(H,39,40)(H,33,34,35,36). The summed E-state index contributed by atoms with van der Waals surface area (Å²) in [6.07, 6.45) is 2.65. The Balaban J connectivity index is 1.53. The van der Waals surface area contributed by atoms with E-state index in [-0.39, 0.29) is 36.4 Å². The van der Waals surface area contributed by atoms with E-state index in [9.17, 15) is 14.7 Å². The van der Waals surface area contributed by atoms with Crippen molar-refractivity contribution in [3.63, 3.8) is 0 Å². The van der Waals surface area contributed by atoms with Crippen LogP contribution in [0.2, 0.25) is 0 Å². The fourth-order valence-electron chi connectivity index (χ4n) is 5.46. The van der Waals surface area contributed by atoms with Crippen molar-refractivity contribution in [3.05, 3.63) is 92.8 Å². The fraction of sp³-hybridized carbons (Fsp3) is 0.281. The number of aromatic nitrogens is 5. The molecule has 11 heteroatoms. The molecule has 0 aliphatic carbocycles. The maximum absolute atomic E-state index is 14.1. The molecule has 3 aromatic carbocycles. The highest BCUT2D eigenvalue weighted by Gasteiger charge is 2.25. The van der Waals surface area contributed by atoms with Crippen LogP contribution in [-0.2, 0) is 19.4 Å². The van der Waals surface area contributed by atoms with Crippen LogP contribution in [0, 0.1) is 0 Å². The zero-order valence-corrected chi connectivity index (χ0v) is 23.9. The number of aromatic amines is 1. The summed E-state index contributed by atoms with van der Waals surface area (Å²) in [5, 5.41) is 25.1. The molecule has 1 aliphatic heterocycles. The van der Waals surface area contributed by atoms with Crippen molar-refractivity contribution in [1.82, 2.24) is 25.2 Å². The molecule has 43 heavy (non-hydrogen) atoms. The molecule has 0 saturated carbocycles. The van der Waals surface area contributed by atoms with Gasteiger partial charge in [-0.05, 0) is 71.1 Å². The number of aromatic carboxylic acids is 1. The fourth-order valence-corrected chi connectivity index (χ4v) is 5.46. The first kappa shape index (κ1) is 28.0. The number of carboxylic acids is 1. The number of unbranched alkanes of at least 4 members (excludes halogenated alkanes) is 1. The summed E-state index contributed by atoms with van der Waals surface area (Å²) >= 11 is 0. The lowest BCUT2D eigenvalue weighted by atomic mass is 9.97. The first-order valence-electron chi connectivity index (χ1n) is 14.3. The summed E-state index contributed by atoms with van der Waals surface area (Å²) in [4.78, 5) is 27.1. The molecule has 0 spiro atoms. The predicted molar refractivity (Wildman–Crippen MR) is 159 cm³/mol. The van der Waals surface area contributed by atoms with Crippen LogP contribution in [0.25, 0.3) is 22.3 Å². The smallest absolute Gasteiger partial charge is 0.352 e. The molecule has 2 N–H and O–H groups in total. The summed E-state index contributed by atoms with van der Waals surface area (Å²) in [5.41, 5.74) is 3.58. The Morgan fingerprint density at radius 2 is 1.88 bits per heavy atom. The number of hydrogen-bond donors (Lipinski definition) is 2. The Hall–Kier alpha value is -5.19. The first-order valence-corrected chi connectivity index (χ1v) is 14.3. The van der Waals surface area contributed by atoms with Crippen LogP contribution >= 0.6 is 0 Å². The number of carbonyl (C=O) groups is 1. The summed E-state index contributed by atoms with van der Waals surface area (Å²) in [6.45, 7) is 4.98. The van der Waals surface area contributed by atoms with E-state index in [1.807, 2.05) is 43.3 Å². The molecule has 0 atom stereocenters. The van der Waals surface area contributed by atoms with Crippen LogP contribution in [0.4, 0.5) is 0 Å². The Morgan fingerprint density at radius 3 is 2.60 bits per heavy atom. The number of nitrogens with one attached hydrogen (secondary N) is 1. The Bertz CT molecular complexity index is 1870. The molecule has 0 unspecified atom stereocenters. The highest BCUT2D eigenvalue weighted by molar-refractivity contribution is 5.93. The second-order valence-electron chi connectivity index (χ2n) is 10.4. The van der Waals surface area contributed by atoms with Gasteiger partial charge >= 0.3 is 5.97 Å². The number of ether oxygens (including phenoxy) is 3. The molecule has 0 saturated heterocycles. The average Bonchev–Trinajstić information content (AvgIpc) is 3.72. The van der Waals surface area contributed by atoms with Gasteiger partial charge in [0.2, 0.25) is 12.6 Å². The third-order valence-electron chi connectivity index (χ3n) is 7.62. The number of rotatable bonds is 11. The molecule has 11 nitrogen and oxygen atoms in total. The largest absolute Gasteiger partial charge is 0.494 e. The SMILES string of the molecule is CCCCOc1ccc2c(c1)c(=O)c(Cc1cccc(-c3nn[nH]n3)c1)c(C(=O)O)n2Cc1cc2c(cc1CC)OCO2. The van der Waals surface area contributed by atoms with Gasteiger partial charge in [-0.3, -0.25) is 4.79 Å². The lowest BCUT2D eigenvalue weighted by molar-refractivity contribution is 0.0684. The second-order valence-corrected chi connectivity index (χ2v) is 10.4. The summed E-state index contributed by atoms with van der Waals surface area (Å²) in [5.74, 6) is 1.06. The maximum Gasteiger partial charge on any atom is 0.352 e. The van der Waals surface area contributed by atoms with Crippen LogP contribution in [0.1, 0.15) is 59.4 Å². The number of fused-ring (bicyclic) bond motifs is 2. The molecule has 220 valence electrons. The van der Waals surface area contributed by atoms with Crippen LogP contribution in [0.3, 0.4) is 0 Å². The summed E-state index contributed by atoms with van der Waals surface area (Å²) in [7, 11) is 0. The van der Waals surface area contributed by atoms with Crippen LogP contribution < -0.4 is 19.6 Å². The number of hydrogen-bond acceptors (Lipinski definition) is 8. The Kier molecular flexibility index (Phi) is 7.78. The number of benzene rings is 3. The van der Waals surface area contributed by atoms with Gasteiger partial charge in [0.15, 0.2) is 16.9 Å². The molecule has 3 heterocycles. The van der Waals surface area contributed by atoms with E-state index in [0.29, 0.717) is 52.6 Å². The molecule has 0 amide bonds. The number of tetrazole rings is 1. The minimum Gasteiger partial charge on any atom is -0.494 e. The van der Waals surface area contributed by atoms with Crippen LogP contribution in [-0.4, -0.2) is 49.7 Å². The van der Waals surface area contributed by atoms with Crippen molar-refractivity contribution in [2.75, 3.05) is 13.4 Å². The molecule has 6 rings (SSSR count). The van der Waals surface area contributed by atoms with Crippen molar-refractivity contribution in [2.45, 2.75) is 46.1 Å².